The van der Waals surface area contributed by atoms with Gasteiger partial charge in [0.1, 0.15) is 0 Å². The van der Waals surface area contributed by atoms with Gasteiger partial charge < -0.3 is 4.74 Å². The van der Waals surface area contributed by atoms with Crippen molar-refractivity contribution in [1.82, 2.24) is 5.06 Å². The Kier molecular flexibility index (Phi) is 3.69. The third-order valence-corrected chi connectivity index (χ3v) is 3.92. The second-order valence-corrected chi connectivity index (χ2v) is 5.72. The van der Waals surface area contributed by atoms with Crippen LogP contribution in [0.4, 0.5) is 0 Å². The highest BCUT2D eigenvalue weighted by Crippen LogP contribution is 2.48. The van der Waals surface area contributed by atoms with Gasteiger partial charge in [-0.1, -0.05) is 0 Å². The molecule has 0 aromatic carbocycles. The predicted molar refractivity (Wildman–Crippen MR) is 61.5 cm³/mol. The van der Waals surface area contributed by atoms with Gasteiger partial charge in [0.15, 0.2) is 0 Å². The fraction of sp³-hybridized carbons (Fsp3) is 0.909. The Morgan fingerprint density at radius 1 is 1.33 bits per heavy atom. The molecule has 1 rings (SSSR count). The van der Waals surface area contributed by atoms with E-state index < -0.39 is 40.4 Å². The van der Waals surface area contributed by atoms with Crippen LogP contribution < -0.4 is 0 Å². The monoisotopic (exact) mass is 259 g/mol. The van der Waals surface area contributed by atoms with Crippen LogP contribution in [0.3, 0.4) is 0 Å². The molecule has 7 heteroatoms. The third-order valence-electron chi connectivity index (χ3n) is 3.92. The first-order valence-electron chi connectivity index (χ1n) is 5.74. The van der Waals surface area contributed by atoms with E-state index in [1.54, 1.807) is 27.7 Å². The van der Waals surface area contributed by atoms with Gasteiger partial charge in [0, 0.05) is 4.92 Å². The molecular weight excluding hydrogens is 240 g/mol. The van der Waals surface area contributed by atoms with Gasteiger partial charge in [0.2, 0.25) is 6.54 Å². The quantitative estimate of drug-likeness (QED) is 0.426. The maximum absolute atomic E-state index is 12.3. The molecule has 2 atom stereocenters. The Morgan fingerprint density at radius 3 is 2.22 bits per heavy atom. The number of hydrogen-bond acceptors (Lipinski definition) is 5. The summed E-state index contributed by atoms with van der Waals surface area (Å²) in [7, 11) is 1.22. The molecule has 0 spiro atoms. The number of carbonyl (C=O) groups excluding carboxylic acids is 1. The molecule has 0 bridgehead atoms. The molecule has 103 valence electrons. The molecule has 0 unspecified atom stereocenters. The highest BCUT2D eigenvalue weighted by atomic mass is 16.6. The standard InChI is InChI=1S/C11H19N2O5/c1-10(2)7(6-12(15)16)8(9(14)18-5)11(3,4)13(10)17/h7-8H,6H2,1-5H3/t7-,8+/m1/s1. The lowest BCUT2D eigenvalue weighted by Gasteiger charge is -2.33. The largest absolute Gasteiger partial charge is 0.469 e. The number of nitrogens with zero attached hydrogens (tertiary/aromatic N) is 2. The minimum Gasteiger partial charge on any atom is -0.469 e. The highest BCUT2D eigenvalue weighted by molar-refractivity contribution is 5.75. The second-order valence-electron chi connectivity index (χ2n) is 5.72. The maximum atomic E-state index is 12.3. The van der Waals surface area contributed by atoms with E-state index in [0.717, 1.165) is 5.06 Å². The number of methoxy groups -OCH3 is 1. The van der Waals surface area contributed by atoms with Crippen molar-refractivity contribution < 1.29 is 19.7 Å². The van der Waals surface area contributed by atoms with E-state index in [1.165, 1.54) is 7.11 Å². The van der Waals surface area contributed by atoms with Crippen LogP contribution in [0.1, 0.15) is 27.7 Å². The molecule has 7 nitrogen and oxygen atoms in total. The average Bonchev–Trinajstić information content (AvgIpc) is 2.36. The molecule has 0 aromatic rings. The molecule has 1 aliphatic rings. The van der Waals surface area contributed by atoms with Crippen molar-refractivity contribution in [3.63, 3.8) is 0 Å². The van der Waals surface area contributed by atoms with Crippen LogP contribution in [0.5, 0.6) is 0 Å². The van der Waals surface area contributed by atoms with Crippen molar-refractivity contribution in [3.8, 4) is 0 Å². The zero-order valence-corrected chi connectivity index (χ0v) is 11.3. The molecular formula is C11H19N2O5. The van der Waals surface area contributed by atoms with E-state index >= 15 is 0 Å². The number of hydrogen-bond donors (Lipinski definition) is 0. The first-order chi connectivity index (χ1) is 8.06. The van der Waals surface area contributed by atoms with E-state index in [1.807, 2.05) is 0 Å². The van der Waals surface area contributed by atoms with Crippen LogP contribution in [0.2, 0.25) is 0 Å². The van der Waals surface area contributed by atoms with Gasteiger partial charge in [-0.15, -0.1) is 10.3 Å². The molecule has 1 aliphatic heterocycles. The minimum absolute atomic E-state index is 0.422. The highest BCUT2D eigenvalue weighted by Gasteiger charge is 2.63. The van der Waals surface area contributed by atoms with Gasteiger partial charge in [-0.25, -0.2) is 0 Å². The lowest BCUT2D eigenvalue weighted by atomic mass is 9.77. The number of ether oxygens (including phenoxy) is 1. The minimum atomic E-state index is -1.02. The summed E-state index contributed by atoms with van der Waals surface area (Å²) in [5, 5.41) is 23.8. The zero-order chi connectivity index (χ0) is 14.3. The topological polar surface area (TPSA) is 92.6 Å². The number of rotatable bonds is 3. The fourth-order valence-electron chi connectivity index (χ4n) is 2.99. The Bertz CT molecular complexity index is 366. The van der Waals surface area contributed by atoms with Gasteiger partial charge in [-0.3, -0.25) is 14.9 Å². The summed E-state index contributed by atoms with van der Waals surface area (Å²) in [6.45, 7) is 6.05. The summed E-state index contributed by atoms with van der Waals surface area (Å²) in [6.07, 6.45) is 0. The van der Waals surface area contributed by atoms with Crippen LogP contribution in [0.15, 0.2) is 0 Å². The molecule has 0 amide bonds. The van der Waals surface area contributed by atoms with E-state index in [4.69, 9.17) is 4.74 Å². The average molecular weight is 259 g/mol. The van der Waals surface area contributed by atoms with Crippen molar-refractivity contribution >= 4 is 5.97 Å². The third kappa shape index (κ3) is 2.08. The summed E-state index contributed by atoms with van der Waals surface area (Å²) in [6, 6.07) is 0. The van der Waals surface area contributed by atoms with Gasteiger partial charge in [-0.2, -0.15) is 0 Å². The van der Waals surface area contributed by atoms with Crippen molar-refractivity contribution in [3.05, 3.63) is 10.1 Å². The van der Waals surface area contributed by atoms with Gasteiger partial charge in [0.05, 0.1) is 30.0 Å². The first-order valence-corrected chi connectivity index (χ1v) is 5.74. The van der Waals surface area contributed by atoms with Crippen LogP contribution >= 0.6 is 0 Å². The number of nitro groups is 1. The van der Waals surface area contributed by atoms with Crippen molar-refractivity contribution in [2.45, 2.75) is 38.8 Å². The maximum Gasteiger partial charge on any atom is 0.311 e. The molecule has 1 saturated heterocycles. The lowest BCUT2D eigenvalue weighted by Crippen LogP contribution is -2.47. The van der Waals surface area contributed by atoms with Crippen molar-refractivity contribution in [1.29, 1.82) is 0 Å². The number of carbonyl (C=O) groups is 1. The molecule has 18 heavy (non-hydrogen) atoms. The summed E-state index contributed by atoms with van der Waals surface area (Å²) < 4.78 is 4.70. The molecule has 0 saturated carbocycles. The van der Waals surface area contributed by atoms with E-state index in [-0.39, 0.29) is 0 Å². The van der Waals surface area contributed by atoms with Crippen molar-refractivity contribution in [2.75, 3.05) is 13.7 Å². The first kappa shape index (κ1) is 14.8. The van der Waals surface area contributed by atoms with Crippen LogP contribution in [0, 0.1) is 22.0 Å². The summed E-state index contributed by atoms with van der Waals surface area (Å²) in [5.74, 6) is -2.05. The predicted octanol–water partition coefficient (Wildman–Crippen LogP) is 0.887. The van der Waals surface area contributed by atoms with Gasteiger partial charge in [0.25, 0.3) is 0 Å². The van der Waals surface area contributed by atoms with Crippen molar-refractivity contribution in [2.24, 2.45) is 11.8 Å². The Hall–Kier alpha value is -1.21. The number of esters is 1. The lowest BCUT2D eigenvalue weighted by molar-refractivity contribution is -0.492. The molecule has 0 aromatic heterocycles. The molecule has 1 fully saturated rings. The van der Waals surface area contributed by atoms with Crippen LogP contribution in [0.25, 0.3) is 0 Å². The Balaban J connectivity index is 3.23. The van der Waals surface area contributed by atoms with E-state index in [2.05, 4.69) is 0 Å². The Labute approximate surface area is 106 Å². The molecule has 1 heterocycles. The second kappa shape index (κ2) is 4.47. The molecule has 0 aliphatic carbocycles. The zero-order valence-electron chi connectivity index (χ0n) is 11.3. The fourth-order valence-corrected chi connectivity index (χ4v) is 2.99. The molecule has 0 N–H and O–H groups in total. The summed E-state index contributed by atoms with van der Waals surface area (Å²) >= 11 is 0. The smallest absolute Gasteiger partial charge is 0.311 e. The summed E-state index contributed by atoms with van der Waals surface area (Å²) in [5.41, 5.74) is -1.99. The summed E-state index contributed by atoms with van der Waals surface area (Å²) in [4.78, 5) is 22.1. The van der Waals surface area contributed by atoms with E-state index in [0.29, 0.717) is 0 Å². The van der Waals surface area contributed by atoms with Gasteiger partial charge >= 0.3 is 5.97 Å². The number of hydroxylamine groups is 2. The molecule has 1 radical (unpaired) electrons. The normalized spacial score (nSPS) is 30.1. The van der Waals surface area contributed by atoms with Crippen LogP contribution in [-0.2, 0) is 14.7 Å². The van der Waals surface area contributed by atoms with Crippen LogP contribution in [-0.4, -0.2) is 40.7 Å². The van der Waals surface area contributed by atoms with E-state index in [9.17, 15) is 20.1 Å². The SMILES string of the molecule is COC(=O)[C@@H]1[C@@H](C[N+](=O)[O-])C(C)(C)N([O])C1(C)C. The Morgan fingerprint density at radius 2 is 1.83 bits per heavy atom. The van der Waals surface area contributed by atoms with Gasteiger partial charge in [-0.05, 0) is 27.7 Å².